The molecular formula is C18H42ClN3Ti. The molecule has 3 nitrogen and oxygen atoms in total. The summed E-state index contributed by atoms with van der Waals surface area (Å²) in [6.07, 6.45) is 0. The molecule has 0 fully saturated rings. The smallest absolute Gasteiger partial charge is 1.00 e. The Bertz CT molecular complexity index is 235. The molecule has 0 saturated carbocycles. The summed E-state index contributed by atoms with van der Waals surface area (Å²) in [5, 5.41) is 0. The quantitative estimate of drug-likeness (QED) is 0.561. The first kappa shape index (κ1) is 26.1. The number of nitrogens with zero attached hydrogens (tertiary/aromatic N) is 3. The van der Waals surface area contributed by atoms with Gasteiger partial charge in [-0.25, -0.2) is 0 Å². The van der Waals surface area contributed by atoms with Crippen molar-refractivity contribution in [3.63, 3.8) is 0 Å². The minimum absolute atomic E-state index is 0. The van der Waals surface area contributed by atoms with Crippen molar-refractivity contribution in [2.75, 3.05) is 0 Å². The van der Waals surface area contributed by atoms with Gasteiger partial charge < -0.3 is 12.4 Å². The molecule has 0 rings (SSSR count). The van der Waals surface area contributed by atoms with Crippen LogP contribution in [-0.4, -0.2) is 46.4 Å². The maximum Gasteiger partial charge on any atom is -1.00 e. The van der Waals surface area contributed by atoms with Gasteiger partial charge in [-0.2, -0.15) is 0 Å². The van der Waals surface area contributed by atoms with Crippen molar-refractivity contribution in [1.29, 1.82) is 0 Å². The van der Waals surface area contributed by atoms with Crippen LogP contribution in [0.1, 0.15) is 83.1 Å². The molecular weight excluding hydrogens is 342 g/mol. The van der Waals surface area contributed by atoms with Crippen molar-refractivity contribution in [1.82, 2.24) is 10.1 Å². The van der Waals surface area contributed by atoms with Crippen LogP contribution in [0.25, 0.3) is 0 Å². The summed E-state index contributed by atoms with van der Waals surface area (Å²) in [6, 6.07) is 3.56. The summed E-state index contributed by atoms with van der Waals surface area (Å²) >= 11 is -1.78. The van der Waals surface area contributed by atoms with Gasteiger partial charge in [0.05, 0.1) is 0 Å². The van der Waals surface area contributed by atoms with E-state index < -0.39 is 18.6 Å². The Morgan fingerprint density at radius 1 is 0.391 bits per heavy atom. The summed E-state index contributed by atoms with van der Waals surface area (Å²) in [5.74, 6) is 0. The molecule has 0 aliphatic rings. The fourth-order valence-corrected chi connectivity index (χ4v) is 9.15. The van der Waals surface area contributed by atoms with Crippen LogP contribution in [0, 0.1) is 0 Å². The van der Waals surface area contributed by atoms with E-state index in [9.17, 15) is 0 Å². The zero-order chi connectivity index (χ0) is 17.8. The van der Waals surface area contributed by atoms with Crippen molar-refractivity contribution >= 4 is 0 Å². The Morgan fingerprint density at radius 3 is 0.609 bits per heavy atom. The number of halogens is 1. The van der Waals surface area contributed by atoms with Crippen LogP contribution in [0.3, 0.4) is 0 Å². The van der Waals surface area contributed by atoms with Gasteiger partial charge >= 0.3 is 148 Å². The van der Waals surface area contributed by atoms with Gasteiger partial charge in [0.1, 0.15) is 0 Å². The van der Waals surface area contributed by atoms with Crippen molar-refractivity contribution in [3.05, 3.63) is 0 Å². The van der Waals surface area contributed by atoms with Gasteiger partial charge in [0, 0.05) is 0 Å². The van der Waals surface area contributed by atoms with Crippen molar-refractivity contribution in [2.24, 2.45) is 0 Å². The van der Waals surface area contributed by atoms with E-state index in [2.05, 4.69) is 93.2 Å². The van der Waals surface area contributed by atoms with E-state index in [1.165, 1.54) is 0 Å². The first-order chi connectivity index (χ1) is 9.93. The van der Waals surface area contributed by atoms with Crippen LogP contribution in [0.15, 0.2) is 0 Å². The summed E-state index contributed by atoms with van der Waals surface area (Å²) in [6.45, 7) is 28.4. The van der Waals surface area contributed by atoms with Gasteiger partial charge in [-0.1, -0.05) is 0 Å². The van der Waals surface area contributed by atoms with Crippen molar-refractivity contribution in [3.8, 4) is 0 Å². The van der Waals surface area contributed by atoms with E-state index in [1.54, 1.807) is 0 Å². The Morgan fingerprint density at radius 2 is 0.522 bits per heavy atom. The van der Waals surface area contributed by atoms with Gasteiger partial charge in [-0.15, -0.1) is 0 Å². The van der Waals surface area contributed by atoms with E-state index in [1.807, 2.05) is 0 Å². The molecule has 0 aromatic heterocycles. The van der Waals surface area contributed by atoms with Crippen LogP contribution in [0.4, 0.5) is 0 Å². The van der Waals surface area contributed by atoms with E-state index in [-0.39, 0.29) is 12.4 Å². The Kier molecular flexibility index (Phi) is 13.0. The molecule has 0 N–H and O–H groups in total. The summed E-state index contributed by atoms with van der Waals surface area (Å²) in [7, 11) is 0. The predicted octanol–water partition coefficient (Wildman–Crippen LogP) is 1.71. The van der Waals surface area contributed by atoms with E-state index in [4.69, 9.17) is 0 Å². The molecule has 140 valence electrons. The van der Waals surface area contributed by atoms with Crippen LogP contribution >= 0.6 is 0 Å². The standard InChI is InChI=1S/3C6H14N.ClH.Ti/c3*1-5(2)7-6(3)4;;/h3*5-6H,1-4H3;1H;/q3*-1;;+4/p-1. The number of hydrogen-bond acceptors (Lipinski definition) is 3. The second kappa shape index (κ2) is 11.5. The van der Waals surface area contributed by atoms with E-state index in [0.717, 1.165) is 0 Å². The molecule has 0 aromatic carbocycles. The molecule has 0 aromatic rings. The minimum Gasteiger partial charge on any atom is -1.00 e. The van der Waals surface area contributed by atoms with E-state index in [0.29, 0.717) is 36.3 Å². The first-order valence-corrected chi connectivity index (χ1v) is 11.2. The van der Waals surface area contributed by atoms with Gasteiger partial charge in [0.15, 0.2) is 0 Å². The molecule has 0 spiro atoms. The van der Waals surface area contributed by atoms with Crippen LogP contribution in [0.2, 0.25) is 0 Å². The van der Waals surface area contributed by atoms with Gasteiger partial charge in [0.25, 0.3) is 0 Å². The maximum absolute atomic E-state index is 2.83. The first-order valence-electron chi connectivity index (χ1n) is 9.15. The third-order valence-corrected chi connectivity index (χ3v) is 11.0. The molecule has 0 amide bonds. The molecule has 0 saturated heterocycles. The zero-order valence-electron chi connectivity index (χ0n) is 17.7. The Balaban J connectivity index is 0. The summed E-state index contributed by atoms with van der Waals surface area (Å²) < 4.78 is 8.50. The van der Waals surface area contributed by atoms with Crippen LogP contribution < -0.4 is 12.4 Å². The topological polar surface area (TPSA) is 9.72 Å². The van der Waals surface area contributed by atoms with Gasteiger partial charge in [-0.05, 0) is 0 Å². The third-order valence-electron chi connectivity index (χ3n) is 4.03. The summed E-state index contributed by atoms with van der Waals surface area (Å²) in [5.41, 5.74) is 0. The van der Waals surface area contributed by atoms with Gasteiger partial charge in [0.2, 0.25) is 0 Å². The van der Waals surface area contributed by atoms with E-state index >= 15 is 0 Å². The molecule has 0 atom stereocenters. The molecule has 5 heteroatoms. The molecule has 0 aliphatic heterocycles. The maximum atomic E-state index is 2.83. The average molecular weight is 384 g/mol. The fraction of sp³-hybridized carbons (Fsp3) is 1.00. The zero-order valence-corrected chi connectivity index (χ0v) is 20.0. The van der Waals surface area contributed by atoms with Crippen LogP contribution in [0.5, 0.6) is 0 Å². The molecule has 0 bridgehead atoms. The SMILES string of the molecule is CC(C)[N](C(C)C)[Ti+]([N](C(C)C)C(C)C)[N](C(C)C)C(C)C.[Cl-]. The van der Waals surface area contributed by atoms with Crippen molar-refractivity contribution < 1.29 is 31.0 Å². The minimum atomic E-state index is -1.78. The number of hydrogen-bond donors (Lipinski definition) is 0. The Labute approximate surface area is 160 Å². The monoisotopic (exact) mass is 383 g/mol. The third kappa shape index (κ3) is 7.34. The molecule has 0 heterocycles. The largest absolute Gasteiger partial charge is 1.00 e. The normalized spacial score (nSPS) is 12.9. The fourth-order valence-electron chi connectivity index (χ4n) is 3.57. The average Bonchev–Trinajstić information content (AvgIpc) is 2.24. The molecule has 0 aliphatic carbocycles. The van der Waals surface area contributed by atoms with Crippen molar-refractivity contribution in [2.45, 2.75) is 119 Å². The molecule has 0 radical (unpaired) electrons. The summed E-state index contributed by atoms with van der Waals surface area (Å²) in [4.78, 5) is 0. The Hall–Kier alpha value is 0.884. The predicted molar refractivity (Wildman–Crippen MR) is 96.3 cm³/mol. The number of rotatable bonds is 9. The van der Waals surface area contributed by atoms with Gasteiger partial charge in [-0.3, -0.25) is 0 Å². The molecule has 0 unspecified atom stereocenters. The second-order valence-corrected chi connectivity index (χ2v) is 11.4. The van der Waals surface area contributed by atoms with Crippen LogP contribution in [-0.2, 0) is 18.6 Å². The molecule has 23 heavy (non-hydrogen) atoms. The second-order valence-electron chi connectivity index (χ2n) is 8.08.